The third-order valence-corrected chi connectivity index (χ3v) is 6.10. The number of carbonyl (C=O) groups excluding carboxylic acids is 6. The Hall–Kier alpha value is -3.95. The van der Waals surface area contributed by atoms with Gasteiger partial charge in [-0.05, 0) is 38.5 Å². The first-order valence-corrected chi connectivity index (χ1v) is 12.8. The van der Waals surface area contributed by atoms with Crippen molar-refractivity contribution < 1.29 is 28.8 Å². The van der Waals surface area contributed by atoms with E-state index in [1.807, 2.05) is 0 Å². The van der Waals surface area contributed by atoms with Crippen LogP contribution in [0.3, 0.4) is 0 Å². The molecule has 12 N–H and O–H groups in total. The van der Waals surface area contributed by atoms with E-state index < -0.39 is 66.2 Å². The van der Waals surface area contributed by atoms with Gasteiger partial charge in [0, 0.05) is 13.1 Å². The Morgan fingerprint density at radius 3 is 2.21 bits per heavy atom. The first-order chi connectivity index (χ1) is 18.3. The molecule has 0 aliphatic carbocycles. The van der Waals surface area contributed by atoms with Crippen LogP contribution in [0.15, 0.2) is 4.99 Å². The molecule has 6 amide bonds. The Bertz CT molecular complexity index is 936. The minimum Gasteiger partial charge on any atom is -0.370 e. The van der Waals surface area contributed by atoms with Gasteiger partial charge in [-0.2, -0.15) is 0 Å². The maximum absolute atomic E-state index is 13.0. The summed E-state index contributed by atoms with van der Waals surface area (Å²) in [6.07, 6.45) is 1.43. The number of guanidine groups is 1. The molecule has 0 aromatic rings. The fourth-order valence-corrected chi connectivity index (χ4v) is 3.91. The van der Waals surface area contributed by atoms with E-state index in [9.17, 15) is 28.8 Å². The average molecular weight is 555 g/mol. The lowest BCUT2D eigenvalue weighted by molar-refractivity contribution is -0.139. The minimum absolute atomic E-state index is 0.121. The van der Waals surface area contributed by atoms with Crippen LogP contribution in [-0.2, 0) is 28.8 Å². The van der Waals surface area contributed by atoms with Gasteiger partial charge in [0.05, 0.1) is 13.1 Å². The molecule has 16 nitrogen and oxygen atoms in total. The summed E-state index contributed by atoms with van der Waals surface area (Å²) in [7, 11) is 0. The molecule has 1 fully saturated rings. The van der Waals surface area contributed by atoms with E-state index in [4.69, 9.17) is 22.9 Å². The van der Waals surface area contributed by atoms with Crippen molar-refractivity contribution in [1.29, 1.82) is 0 Å². The lowest BCUT2D eigenvalue weighted by Gasteiger charge is -2.26. The van der Waals surface area contributed by atoms with Crippen molar-refractivity contribution >= 4 is 41.4 Å². The van der Waals surface area contributed by atoms with Crippen LogP contribution >= 0.6 is 0 Å². The maximum atomic E-state index is 13.0. The molecule has 1 heterocycles. The Morgan fingerprint density at radius 2 is 1.64 bits per heavy atom. The summed E-state index contributed by atoms with van der Waals surface area (Å²) in [6.45, 7) is 4.65. The molecule has 39 heavy (non-hydrogen) atoms. The third-order valence-electron chi connectivity index (χ3n) is 6.10. The summed E-state index contributed by atoms with van der Waals surface area (Å²) in [4.78, 5) is 79.6. The van der Waals surface area contributed by atoms with Crippen LogP contribution in [0, 0.1) is 5.92 Å². The number of nitrogens with zero attached hydrogens (tertiary/aromatic N) is 2. The molecule has 1 saturated heterocycles. The van der Waals surface area contributed by atoms with Crippen molar-refractivity contribution in [2.45, 2.75) is 70.6 Å². The van der Waals surface area contributed by atoms with E-state index in [0.717, 1.165) is 0 Å². The molecule has 4 atom stereocenters. The van der Waals surface area contributed by atoms with Gasteiger partial charge in [0.15, 0.2) is 5.96 Å². The highest BCUT2D eigenvalue weighted by Crippen LogP contribution is 2.17. The molecule has 0 aromatic carbocycles. The molecule has 0 saturated carbocycles. The topological polar surface area (TPSA) is 270 Å². The molecule has 16 heteroatoms. The highest BCUT2D eigenvalue weighted by Gasteiger charge is 2.35. The van der Waals surface area contributed by atoms with E-state index >= 15 is 0 Å². The van der Waals surface area contributed by atoms with Crippen molar-refractivity contribution in [3.05, 3.63) is 0 Å². The standard InChI is InChI=1S/C23H42N10O6/c1-12(2)18(32-16(34)10-24)22(39)31-14(6-4-8-28-23(26)27)20(37)29-11-17(35)33-9-5-7-15(33)21(38)30-13(3)19(25)36/h12-15,18H,4-11,24H2,1-3H3,(H2,25,36)(H,29,37)(H,30,38)(H,31,39)(H,32,34)(H4,26,27,28)/t13-,14-,15-,18-/m0/s1. The summed E-state index contributed by atoms with van der Waals surface area (Å²) in [5.74, 6) is -3.92. The molecule has 0 bridgehead atoms. The van der Waals surface area contributed by atoms with E-state index in [2.05, 4.69) is 26.3 Å². The molecule has 0 radical (unpaired) electrons. The van der Waals surface area contributed by atoms with E-state index in [-0.39, 0.29) is 31.4 Å². The quantitative estimate of drug-likeness (QED) is 0.0552. The summed E-state index contributed by atoms with van der Waals surface area (Å²) < 4.78 is 0. The number of likely N-dealkylation sites (tertiary alicyclic amines) is 1. The van der Waals surface area contributed by atoms with Crippen LogP contribution in [0.4, 0.5) is 0 Å². The lowest BCUT2D eigenvalue weighted by atomic mass is 10.0. The fourth-order valence-electron chi connectivity index (χ4n) is 3.91. The van der Waals surface area contributed by atoms with Crippen LogP contribution in [-0.4, -0.2) is 96.6 Å². The first-order valence-electron chi connectivity index (χ1n) is 12.8. The Morgan fingerprint density at radius 1 is 0.974 bits per heavy atom. The summed E-state index contributed by atoms with van der Waals surface area (Å²) in [5.41, 5.74) is 21.2. The van der Waals surface area contributed by atoms with Crippen molar-refractivity contribution in [1.82, 2.24) is 26.2 Å². The molecule has 1 aliphatic rings. The average Bonchev–Trinajstić information content (AvgIpc) is 3.36. The highest BCUT2D eigenvalue weighted by molar-refractivity contribution is 5.95. The zero-order valence-electron chi connectivity index (χ0n) is 22.7. The SMILES string of the molecule is CC(C)[C@H](NC(=O)CN)C(=O)N[C@@H](CCCN=C(N)N)C(=O)NCC(=O)N1CCC[C@H]1C(=O)N[C@@H](C)C(N)=O. The molecule has 0 spiro atoms. The number of nitrogens with two attached hydrogens (primary N) is 4. The zero-order valence-corrected chi connectivity index (χ0v) is 22.7. The van der Waals surface area contributed by atoms with Crippen LogP contribution in [0.1, 0.15) is 46.5 Å². The normalized spacial score (nSPS) is 16.9. The van der Waals surface area contributed by atoms with Gasteiger partial charge in [0.25, 0.3) is 0 Å². The lowest BCUT2D eigenvalue weighted by Crippen LogP contribution is -2.57. The van der Waals surface area contributed by atoms with Crippen molar-refractivity contribution in [3.63, 3.8) is 0 Å². The second-order valence-electron chi connectivity index (χ2n) is 9.60. The van der Waals surface area contributed by atoms with Gasteiger partial charge in [0.2, 0.25) is 35.4 Å². The van der Waals surface area contributed by atoms with Gasteiger partial charge < -0.3 is 49.1 Å². The number of carbonyl (C=O) groups is 6. The smallest absolute Gasteiger partial charge is 0.243 e. The van der Waals surface area contributed by atoms with Crippen LogP contribution in [0.25, 0.3) is 0 Å². The molecule has 0 unspecified atom stereocenters. The largest absolute Gasteiger partial charge is 0.370 e. The molecule has 1 rings (SSSR count). The Kier molecular flexibility index (Phi) is 13.7. The van der Waals surface area contributed by atoms with Crippen LogP contribution in [0.5, 0.6) is 0 Å². The molecule has 220 valence electrons. The number of amides is 6. The van der Waals surface area contributed by atoms with Gasteiger partial charge in [-0.15, -0.1) is 0 Å². The van der Waals surface area contributed by atoms with Crippen LogP contribution < -0.4 is 44.2 Å². The second-order valence-corrected chi connectivity index (χ2v) is 9.60. The van der Waals surface area contributed by atoms with Gasteiger partial charge in [-0.25, -0.2) is 0 Å². The van der Waals surface area contributed by atoms with Crippen molar-refractivity contribution in [2.75, 3.05) is 26.2 Å². The van der Waals surface area contributed by atoms with Gasteiger partial charge in [-0.3, -0.25) is 33.8 Å². The number of primary amides is 1. The number of aliphatic imine (C=N–C) groups is 1. The molecular formula is C23H42N10O6. The zero-order chi connectivity index (χ0) is 29.7. The molecular weight excluding hydrogens is 512 g/mol. The molecule has 0 aromatic heterocycles. The van der Waals surface area contributed by atoms with E-state index in [0.29, 0.717) is 25.8 Å². The number of hydrogen-bond acceptors (Lipinski definition) is 8. The first kappa shape index (κ1) is 33.1. The van der Waals surface area contributed by atoms with Crippen molar-refractivity contribution in [2.24, 2.45) is 33.8 Å². The maximum Gasteiger partial charge on any atom is 0.243 e. The predicted octanol–water partition coefficient (Wildman–Crippen LogP) is -4.28. The Labute approximate surface area is 227 Å². The van der Waals surface area contributed by atoms with Gasteiger partial charge in [0.1, 0.15) is 24.2 Å². The van der Waals surface area contributed by atoms with Crippen LogP contribution in [0.2, 0.25) is 0 Å². The Balaban J connectivity index is 2.88. The number of hydrogen-bond donors (Lipinski definition) is 8. The molecule has 1 aliphatic heterocycles. The second kappa shape index (κ2) is 16.1. The van der Waals surface area contributed by atoms with E-state index in [1.165, 1.54) is 11.8 Å². The predicted molar refractivity (Wildman–Crippen MR) is 142 cm³/mol. The summed E-state index contributed by atoms with van der Waals surface area (Å²) in [5, 5.41) is 10.1. The number of nitrogens with one attached hydrogen (secondary N) is 4. The van der Waals surface area contributed by atoms with Gasteiger partial charge >= 0.3 is 0 Å². The van der Waals surface area contributed by atoms with E-state index in [1.54, 1.807) is 13.8 Å². The fraction of sp³-hybridized carbons (Fsp3) is 0.696. The minimum atomic E-state index is -1.07. The highest BCUT2D eigenvalue weighted by atomic mass is 16.2. The van der Waals surface area contributed by atoms with Gasteiger partial charge in [-0.1, -0.05) is 13.8 Å². The summed E-state index contributed by atoms with van der Waals surface area (Å²) >= 11 is 0. The third kappa shape index (κ3) is 11.1. The monoisotopic (exact) mass is 554 g/mol. The number of rotatable bonds is 15. The van der Waals surface area contributed by atoms with Crippen molar-refractivity contribution in [3.8, 4) is 0 Å². The summed E-state index contributed by atoms with van der Waals surface area (Å²) in [6, 6.07) is -3.71.